The number of fused-ring (bicyclic) bond motifs is 1. The third kappa shape index (κ3) is 1.95. The molecule has 2 bridgehead atoms. The molecule has 4 rings (SSSR count). The molecule has 1 unspecified atom stereocenters. The fraction of sp³-hybridized carbons (Fsp3) is 0.684. The summed E-state index contributed by atoms with van der Waals surface area (Å²) in [5.41, 5.74) is 3.69. The number of ether oxygens (including phenoxy) is 1. The third-order valence-corrected chi connectivity index (χ3v) is 6.40. The number of hydrogen-bond acceptors (Lipinski definition) is 2. The fourth-order valence-electron chi connectivity index (χ4n) is 5.43. The van der Waals surface area contributed by atoms with E-state index in [1.807, 2.05) is 0 Å². The van der Waals surface area contributed by atoms with Gasteiger partial charge in [0.2, 0.25) is 0 Å². The van der Waals surface area contributed by atoms with E-state index in [-0.39, 0.29) is 0 Å². The monoisotopic (exact) mass is 285 g/mol. The average molecular weight is 285 g/mol. The summed E-state index contributed by atoms with van der Waals surface area (Å²) in [6.07, 6.45) is 8.23. The fourth-order valence-corrected chi connectivity index (χ4v) is 5.43. The van der Waals surface area contributed by atoms with Gasteiger partial charge < -0.3 is 9.64 Å². The molecule has 2 nitrogen and oxygen atoms in total. The van der Waals surface area contributed by atoms with Gasteiger partial charge in [0.1, 0.15) is 5.75 Å². The van der Waals surface area contributed by atoms with E-state index in [0.29, 0.717) is 5.41 Å². The average Bonchev–Trinajstić information content (AvgIpc) is 2.52. The predicted octanol–water partition coefficient (Wildman–Crippen LogP) is 3.77. The summed E-state index contributed by atoms with van der Waals surface area (Å²) >= 11 is 0. The van der Waals surface area contributed by atoms with Gasteiger partial charge in [-0.3, -0.25) is 0 Å². The molecular formula is C19H27NO. The smallest absolute Gasteiger partial charge is 0.119 e. The summed E-state index contributed by atoms with van der Waals surface area (Å²) in [5.74, 6) is 1.95. The van der Waals surface area contributed by atoms with Gasteiger partial charge in [-0.2, -0.15) is 0 Å². The molecule has 114 valence electrons. The number of hydrogen-bond donors (Lipinski definition) is 0. The lowest BCUT2D eigenvalue weighted by Gasteiger charge is -2.58. The Morgan fingerprint density at radius 2 is 2.19 bits per heavy atom. The van der Waals surface area contributed by atoms with Gasteiger partial charge in [0.15, 0.2) is 0 Å². The van der Waals surface area contributed by atoms with Crippen molar-refractivity contribution in [2.24, 2.45) is 5.92 Å². The minimum atomic E-state index is 0.454. The SMILES string of the molecule is CCOc1ccc2c(c1)[C@]13CCCCC1[C@H](C2)N(C)CC3. The molecule has 2 aliphatic carbocycles. The molecule has 1 saturated heterocycles. The molecule has 1 aliphatic heterocycles. The van der Waals surface area contributed by atoms with Crippen molar-refractivity contribution >= 4 is 0 Å². The van der Waals surface area contributed by atoms with Crippen molar-refractivity contribution in [3.05, 3.63) is 29.3 Å². The van der Waals surface area contributed by atoms with Crippen molar-refractivity contribution < 1.29 is 4.74 Å². The zero-order valence-electron chi connectivity index (χ0n) is 13.4. The summed E-state index contributed by atoms with van der Waals surface area (Å²) in [6.45, 7) is 4.10. The zero-order chi connectivity index (χ0) is 14.4. The Bertz CT molecular complexity index is 540. The number of rotatable bonds is 2. The van der Waals surface area contributed by atoms with Gasteiger partial charge in [-0.05, 0) is 75.4 Å². The van der Waals surface area contributed by atoms with E-state index in [1.54, 1.807) is 11.1 Å². The van der Waals surface area contributed by atoms with Crippen molar-refractivity contribution in [1.82, 2.24) is 4.90 Å². The van der Waals surface area contributed by atoms with Crippen LogP contribution in [0.4, 0.5) is 0 Å². The second kappa shape index (κ2) is 5.01. The Kier molecular flexibility index (Phi) is 3.25. The molecule has 0 radical (unpaired) electrons. The standard InChI is InChI=1S/C19H27NO/c1-3-21-15-8-7-14-12-18-16-6-4-5-9-19(16,17(14)13-15)10-11-20(18)2/h7-8,13,16,18H,3-6,9-12H2,1-2H3/t16?,18-,19-/m0/s1. The van der Waals surface area contributed by atoms with E-state index in [4.69, 9.17) is 4.74 Å². The zero-order valence-corrected chi connectivity index (χ0v) is 13.4. The van der Waals surface area contributed by atoms with Crippen LogP contribution in [0.2, 0.25) is 0 Å². The van der Waals surface area contributed by atoms with E-state index >= 15 is 0 Å². The first-order chi connectivity index (χ1) is 10.2. The van der Waals surface area contributed by atoms with Crippen molar-refractivity contribution in [1.29, 1.82) is 0 Å². The molecular weight excluding hydrogens is 258 g/mol. The number of likely N-dealkylation sites (N-methyl/N-ethyl adjacent to an activating group) is 1. The van der Waals surface area contributed by atoms with Gasteiger partial charge >= 0.3 is 0 Å². The van der Waals surface area contributed by atoms with E-state index in [1.165, 1.54) is 45.1 Å². The van der Waals surface area contributed by atoms with Crippen molar-refractivity contribution in [3.8, 4) is 5.75 Å². The maximum absolute atomic E-state index is 5.80. The lowest BCUT2D eigenvalue weighted by Crippen LogP contribution is -2.59. The first-order valence-corrected chi connectivity index (χ1v) is 8.71. The Morgan fingerprint density at radius 3 is 3.05 bits per heavy atom. The van der Waals surface area contributed by atoms with Crippen LogP contribution in [0, 0.1) is 5.92 Å². The second-order valence-corrected chi connectivity index (χ2v) is 7.26. The van der Waals surface area contributed by atoms with Gasteiger partial charge in [0.05, 0.1) is 6.61 Å². The molecule has 1 aromatic rings. The summed E-state index contributed by atoms with van der Waals surface area (Å²) in [5, 5.41) is 0. The molecule has 0 aromatic heterocycles. The van der Waals surface area contributed by atoms with E-state index in [2.05, 4.69) is 37.1 Å². The molecule has 21 heavy (non-hydrogen) atoms. The largest absolute Gasteiger partial charge is 0.494 e. The summed E-state index contributed by atoms with van der Waals surface area (Å²) < 4.78 is 5.80. The molecule has 2 heteroatoms. The van der Waals surface area contributed by atoms with Crippen LogP contribution in [0.3, 0.4) is 0 Å². The molecule has 0 N–H and O–H groups in total. The molecule has 0 spiro atoms. The molecule has 2 fully saturated rings. The Hall–Kier alpha value is -1.02. The van der Waals surface area contributed by atoms with E-state index in [0.717, 1.165) is 24.3 Å². The minimum absolute atomic E-state index is 0.454. The third-order valence-electron chi connectivity index (χ3n) is 6.40. The van der Waals surface area contributed by atoms with Gasteiger partial charge in [-0.25, -0.2) is 0 Å². The van der Waals surface area contributed by atoms with Crippen LogP contribution < -0.4 is 4.74 Å². The molecule has 1 heterocycles. The van der Waals surface area contributed by atoms with Crippen LogP contribution in [0.15, 0.2) is 18.2 Å². The van der Waals surface area contributed by atoms with Gasteiger partial charge in [0.25, 0.3) is 0 Å². The highest BCUT2D eigenvalue weighted by molar-refractivity contribution is 5.45. The quantitative estimate of drug-likeness (QED) is 0.820. The second-order valence-electron chi connectivity index (χ2n) is 7.26. The maximum atomic E-state index is 5.80. The number of nitrogens with zero attached hydrogens (tertiary/aromatic N) is 1. The summed E-state index contributed by atoms with van der Waals surface area (Å²) in [4.78, 5) is 2.63. The van der Waals surface area contributed by atoms with Gasteiger partial charge in [-0.15, -0.1) is 0 Å². The van der Waals surface area contributed by atoms with Crippen LogP contribution in [-0.4, -0.2) is 31.1 Å². The Morgan fingerprint density at radius 1 is 1.29 bits per heavy atom. The van der Waals surface area contributed by atoms with Crippen LogP contribution in [0.5, 0.6) is 5.75 Å². The first-order valence-electron chi connectivity index (χ1n) is 8.71. The van der Waals surface area contributed by atoms with Crippen LogP contribution in [0.25, 0.3) is 0 Å². The highest BCUT2D eigenvalue weighted by Gasteiger charge is 2.53. The van der Waals surface area contributed by atoms with Gasteiger partial charge in [-0.1, -0.05) is 18.9 Å². The summed E-state index contributed by atoms with van der Waals surface area (Å²) in [7, 11) is 2.34. The lowest BCUT2D eigenvalue weighted by atomic mass is 9.52. The van der Waals surface area contributed by atoms with E-state index < -0.39 is 0 Å². The topological polar surface area (TPSA) is 12.5 Å². The maximum Gasteiger partial charge on any atom is 0.119 e. The molecule has 3 aliphatic rings. The highest BCUT2D eigenvalue weighted by Crippen LogP contribution is 2.55. The first kappa shape index (κ1) is 13.6. The number of likely N-dealkylation sites (tertiary alicyclic amines) is 1. The molecule has 1 aromatic carbocycles. The minimum Gasteiger partial charge on any atom is -0.494 e. The van der Waals surface area contributed by atoms with Gasteiger partial charge in [0, 0.05) is 11.5 Å². The Labute approximate surface area is 128 Å². The van der Waals surface area contributed by atoms with Crippen LogP contribution >= 0.6 is 0 Å². The lowest BCUT2D eigenvalue weighted by molar-refractivity contribution is 0.00271. The van der Waals surface area contributed by atoms with E-state index in [9.17, 15) is 0 Å². The molecule has 0 amide bonds. The van der Waals surface area contributed by atoms with Crippen LogP contribution in [-0.2, 0) is 11.8 Å². The Balaban J connectivity index is 1.83. The number of benzene rings is 1. The predicted molar refractivity (Wildman–Crippen MR) is 86.0 cm³/mol. The molecule has 1 saturated carbocycles. The molecule has 3 atom stereocenters. The number of piperidine rings is 1. The van der Waals surface area contributed by atoms with Crippen LogP contribution in [0.1, 0.15) is 50.2 Å². The summed E-state index contributed by atoms with van der Waals surface area (Å²) in [6, 6.07) is 7.68. The van der Waals surface area contributed by atoms with Crippen molar-refractivity contribution in [3.63, 3.8) is 0 Å². The normalized spacial score (nSPS) is 35.0. The highest BCUT2D eigenvalue weighted by atomic mass is 16.5. The van der Waals surface area contributed by atoms with Crippen molar-refractivity contribution in [2.75, 3.05) is 20.2 Å². The van der Waals surface area contributed by atoms with Crippen molar-refractivity contribution in [2.45, 2.75) is 56.9 Å².